The van der Waals surface area contributed by atoms with Crippen molar-refractivity contribution in [3.8, 4) is 0 Å². The fraction of sp³-hybridized carbons (Fsp3) is 0.412. The van der Waals surface area contributed by atoms with E-state index in [4.69, 9.17) is 0 Å². The van der Waals surface area contributed by atoms with E-state index in [1.54, 1.807) is 21.9 Å². The summed E-state index contributed by atoms with van der Waals surface area (Å²) in [4.78, 5) is 0. The van der Waals surface area contributed by atoms with Crippen molar-refractivity contribution in [1.82, 2.24) is 0 Å². The third kappa shape index (κ3) is 2.93. The van der Waals surface area contributed by atoms with Gasteiger partial charge in [-0.15, -0.1) is 0 Å². The Morgan fingerprint density at radius 3 is 2.16 bits per heavy atom. The lowest BCUT2D eigenvalue weighted by molar-refractivity contribution is 0.853. The van der Waals surface area contributed by atoms with Crippen LogP contribution in [0, 0.1) is 5.92 Å². The molecule has 1 aromatic carbocycles. The van der Waals surface area contributed by atoms with Crippen LogP contribution >= 0.6 is 8.13 Å². The predicted molar refractivity (Wildman–Crippen MR) is 90.9 cm³/mol. The van der Waals surface area contributed by atoms with E-state index >= 15 is 0 Å². The molecule has 0 amide bonds. The highest BCUT2D eigenvalue weighted by atomic mass is 31.3. The molecule has 0 fully saturated rings. The van der Waals surface area contributed by atoms with Gasteiger partial charge in [0.2, 0.25) is 0 Å². The molecule has 19 heavy (non-hydrogen) atoms. The molecule has 2 rings (SSSR count). The van der Waals surface area contributed by atoms with Gasteiger partial charge in [0, 0.05) is 0 Å². The summed E-state index contributed by atoms with van der Waals surface area (Å²) >= 11 is 0. The summed E-state index contributed by atoms with van der Waals surface area (Å²) in [7, 11) is 0.588. The standard InChI is InChI=1S/C17H24PSi/c1-6-19(18-16-10-8-7-9-11-16)17-14(4)12(2)13(3)15(17)5/h7-11,14,18H,6H2,1-5H3. The average Bonchev–Trinajstić information content (AvgIpc) is 2.62. The largest absolute Gasteiger partial charge is 0.113 e. The maximum Gasteiger partial charge on any atom is 0.113 e. The Bertz CT molecular complexity index is 513. The van der Waals surface area contributed by atoms with Crippen LogP contribution in [0.4, 0.5) is 0 Å². The van der Waals surface area contributed by atoms with E-state index in [-0.39, 0.29) is 0 Å². The van der Waals surface area contributed by atoms with Gasteiger partial charge in [0.15, 0.2) is 0 Å². The van der Waals surface area contributed by atoms with Crippen LogP contribution in [0.3, 0.4) is 0 Å². The van der Waals surface area contributed by atoms with Crippen molar-refractivity contribution < 1.29 is 0 Å². The van der Waals surface area contributed by atoms with Gasteiger partial charge in [-0.25, -0.2) is 0 Å². The second-order valence-electron chi connectivity index (χ2n) is 5.39. The quantitative estimate of drug-likeness (QED) is 0.549. The maximum atomic E-state index is 2.40. The average molecular weight is 287 g/mol. The molecule has 0 nitrogen and oxygen atoms in total. The normalized spacial score (nSPS) is 20.4. The van der Waals surface area contributed by atoms with E-state index in [1.807, 2.05) is 0 Å². The van der Waals surface area contributed by atoms with Gasteiger partial charge in [-0.3, -0.25) is 0 Å². The Morgan fingerprint density at radius 1 is 1.05 bits per heavy atom. The lowest BCUT2D eigenvalue weighted by Crippen LogP contribution is -2.18. The number of hydrogen-bond acceptors (Lipinski definition) is 0. The lowest BCUT2D eigenvalue weighted by atomic mass is 10.1. The van der Waals surface area contributed by atoms with Crippen LogP contribution < -0.4 is 5.30 Å². The molecule has 0 N–H and O–H groups in total. The molecule has 0 spiro atoms. The molecule has 0 aromatic heterocycles. The highest BCUT2D eigenvalue weighted by Gasteiger charge is 2.29. The first-order chi connectivity index (χ1) is 9.06. The highest BCUT2D eigenvalue weighted by Crippen LogP contribution is 2.42. The van der Waals surface area contributed by atoms with Crippen molar-refractivity contribution in [2.45, 2.75) is 40.7 Å². The first kappa shape index (κ1) is 14.7. The van der Waals surface area contributed by atoms with Crippen LogP contribution in [0.15, 0.2) is 52.2 Å². The van der Waals surface area contributed by atoms with E-state index in [2.05, 4.69) is 65.0 Å². The molecule has 0 saturated heterocycles. The van der Waals surface area contributed by atoms with Crippen molar-refractivity contribution in [2.75, 3.05) is 0 Å². The molecular formula is C17H24PSi. The van der Waals surface area contributed by atoms with Gasteiger partial charge < -0.3 is 0 Å². The van der Waals surface area contributed by atoms with Gasteiger partial charge in [-0.2, -0.15) is 0 Å². The van der Waals surface area contributed by atoms with E-state index in [0.717, 1.165) is 8.13 Å². The van der Waals surface area contributed by atoms with Gasteiger partial charge in [-0.1, -0.05) is 74.7 Å². The van der Waals surface area contributed by atoms with E-state index in [0.29, 0.717) is 5.92 Å². The molecule has 0 saturated carbocycles. The van der Waals surface area contributed by atoms with Crippen LogP contribution in [0.1, 0.15) is 34.6 Å². The molecule has 0 heterocycles. The minimum atomic E-state index is -0.411. The van der Waals surface area contributed by atoms with E-state index < -0.39 is 8.46 Å². The Hall–Kier alpha value is -0.653. The zero-order chi connectivity index (χ0) is 14.0. The smallest absolute Gasteiger partial charge is 0.0990 e. The first-order valence-corrected chi connectivity index (χ1v) is 10.8. The zero-order valence-corrected chi connectivity index (χ0v) is 14.7. The van der Waals surface area contributed by atoms with Crippen LogP contribution in [0.5, 0.6) is 0 Å². The number of hydrogen-bond donors (Lipinski definition) is 0. The number of allylic oxidation sites excluding steroid dienone is 4. The summed E-state index contributed by atoms with van der Waals surface area (Å²) in [6.45, 7) is 11.7. The highest BCUT2D eigenvalue weighted by molar-refractivity contribution is 7.83. The number of benzene rings is 1. The zero-order valence-electron chi connectivity index (χ0n) is 12.7. The van der Waals surface area contributed by atoms with Crippen LogP contribution in [-0.2, 0) is 0 Å². The summed E-state index contributed by atoms with van der Waals surface area (Å²) < 4.78 is 0. The summed E-state index contributed by atoms with van der Waals surface area (Å²) in [6.07, 6.45) is 0. The fourth-order valence-electron chi connectivity index (χ4n) is 2.89. The molecule has 1 aliphatic carbocycles. The molecule has 1 aliphatic rings. The Kier molecular flexibility index (Phi) is 4.81. The fourth-order valence-corrected chi connectivity index (χ4v) is 9.36. The lowest BCUT2D eigenvalue weighted by Gasteiger charge is -2.21. The topological polar surface area (TPSA) is 0 Å². The van der Waals surface area contributed by atoms with Crippen molar-refractivity contribution in [3.63, 3.8) is 0 Å². The maximum absolute atomic E-state index is 2.40. The minimum Gasteiger partial charge on any atom is -0.0990 e. The molecule has 2 atom stereocenters. The Labute approximate surface area is 121 Å². The third-order valence-electron chi connectivity index (χ3n) is 4.39. The molecule has 2 unspecified atom stereocenters. The monoisotopic (exact) mass is 287 g/mol. The van der Waals surface area contributed by atoms with Gasteiger partial charge in [0.1, 0.15) is 8.46 Å². The summed E-state index contributed by atoms with van der Waals surface area (Å²) in [5, 5.41) is 3.33. The van der Waals surface area contributed by atoms with Gasteiger partial charge in [0.25, 0.3) is 0 Å². The SMILES string of the molecule is CC[Si](Pc1ccccc1)C1=C(C)C(C)=C(C)C1C. The molecule has 101 valence electrons. The van der Waals surface area contributed by atoms with Crippen molar-refractivity contribution in [2.24, 2.45) is 5.92 Å². The van der Waals surface area contributed by atoms with Crippen LogP contribution in [0.2, 0.25) is 6.04 Å². The Morgan fingerprint density at radius 2 is 1.68 bits per heavy atom. The predicted octanol–water partition coefficient (Wildman–Crippen LogP) is 4.84. The molecular weight excluding hydrogens is 263 g/mol. The summed E-state index contributed by atoms with van der Waals surface area (Å²) in [5.41, 5.74) is 4.75. The Balaban J connectivity index is 2.25. The van der Waals surface area contributed by atoms with Crippen molar-refractivity contribution in [1.29, 1.82) is 0 Å². The summed E-state index contributed by atoms with van der Waals surface area (Å²) in [6, 6.07) is 12.4. The first-order valence-electron chi connectivity index (χ1n) is 7.13. The van der Waals surface area contributed by atoms with Crippen molar-refractivity contribution >= 4 is 21.9 Å². The summed E-state index contributed by atoms with van der Waals surface area (Å²) in [5.74, 6) is 0.685. The molecule has 2 heteroatoms. The van der Waals surface area contributed by atoms with E-state index in [1.165, 1.54) is 11.3 Å². The van der Waals surface area contributed by atoms with Crippen LogP contribution in [0.25, 0.3) is 0 Å². The van der Waals surface area contributed by atoms with Gasteiger partial charge in [0.05, 0.1) is 0 Å². The minimum absolute atomic E-state index is 0.411. The third-order valence-corrected chi connectivity index (χ3v) is 11.1. The second-order valence-corrected chi connectivity index (χ2v) is 11.0. The van der Waals surface area contributed by atoms with E-state index in [9.17, 15) is 0 Å². The number of rotatable bonds is 4. The molecule has 1 aromatic rings. The molecule has 0 aliphatic heterocycles. The van der Waals surface area contributed by atoms with Gasteiger partial charge in [-0.05, 0) is 37.6 Å². The van der Waals surface area contributed by atoms with Gasteiger partial charge >= 0.3 is 0 Å². The van der Waals surface area contributed by atoms with Crippen LogP contribution in [-0.4, -0.2) is 8.46 Å². The molecule has 1 radical (unpaired) electrons. The second kappa shape index (κ2) is 6.20. The molecule has 0 bridgehead atoms. The van der Waals surface area contributed by atoms with Crippen molar-refractivity contribution in [3.05, 3.63) is 52.2 Å².